The second kappa shape index (κ2) is 7.31. The van der Waals surface area contributed by atoms with Gasteiger partial charge in [0.25, 0.3) is 0 Å². The highest BCUT2D eigenvalue weighted by Gasteiger charge is 2.17. The molecule has 114 valence electrons. The summed E-state index contributed by atoms with van der Waals surface area (Å²) in [6.07, 6.45) is 2.67. The Bertz CT molecular complexity index is 684. The van der Waals surface area contributed by atoms with Crippen LogP contribution in [0.5, 0.6) is 0 Å². The molecule has 0 saturated carbocycles. The maximum Gasteiger partial charge on any atom is 0.342 e. The normalized spacial score (nSPS) is 11.3. The molecule has 1 aromatic heterocycles. The summed E-state index contributed by atoms with van der Waals surface area (Å²) in [5.41, 5.74) is 1.24. The van der Waals surface area contributed by atoms with Gasteiger partial charge in [0, 0.05) is 11.8 Å². The number of esters is 1. The van der Waals surface area contributed by atoms with Crippen molar-refractivity contribution in [2.45, 2.75) is 13.8 Å². The van der Waals surface area contributed by atoms with Gasteiger partial charge in [0.2, 0.25) is 6.21 Å². The van der Waals surface area contributed by atoms with Crippen molar-refractivity contribution in [2.24, 2.45) is 0 Å². The van der Waals surface area contributed by atoms with Gasteiger partial charge in [-0.25, -0.2) is 19.5 Å². The first-order chi connectivity index (χ1) is 10.7. The van der Waals surface area contributed by atoms with Gasteiger partial charge in [-0.3, -0.25) is 0 Å². The maximum atomic E-state index is 11.9. The third kappa shape index (κ3) is 3.66. The molecule has 0 N–H and O–H groups in total. The minimum atomic E-state index is -0.544. The number of carbonyl (C=O) groups excluding carboxylic acids is 1. The van der Waals surface area contributed by atoms with E-state index in [2.05, 4.69) is 9.97 Å². The molecule has 0 atom stereocenters. The molecule has 0 bridgehead atoms. The fourth-order valence-electron chi connectivity index (χ4n) is 1.81. The summed E-state index contributed by atoms with van der Waals surface area (Å²) in [7, 11) is 0. The van der Waals surface area contributed by atoms with Crippen molar-refractivity contribution in [3.8, 4) is 11.4 Å². The number of benzene rings is 1. The van der Waals surface area contributed by atoms with Gasteiger partial charge < -0.3 is 9.94 Å². The fraction of sp³-hybridized carbons (Fsp3) is 0.250. The average Bonchev–Trinajstić information content (AvgIpc) is 2.55. The number of rotatable bonds is 5. The van der Waals surface area contributed by atoms with Crippen molar-refractivity contribution < 1.29 is 14.3 Å². The summed E-state index contributed by atoms with van der Waals surface area (Å²) in [6.45, 7) is 3.93. The van der Waals surface area contributed by atoms with Crippen LogP contribution in [0.15, 0.2) is 36.5 Å². The fourth-order valence-corrected chi connectivity index (χ4v) is 1.81. The summed E-state index contributed by atoms with van der Waals surface area (Å²) in [6, 6.07) is 9.34. The summed E-state index contributed by atoms with van der Waals surface area (Å²) in [4.78, 5) is 20.5. The second-order valence-corrected chi connectivity index (χ2v) is 4.44. The van der Waals surface area contributed by atoms with Gasteiger partial charge in [-0.1, -0.05) is 30.3 Å². The minimum absolute atomic E-state index is 0.177. The van der Waals surface area contributed by atoms with Gasteiger partial charge in [-0.2, -0.15) is 0 Å². The number of nitrogens with zero attached hydrogens (tertiary/aromatic N) is 3. The first kappa shape index (κ1) is 15.6. The molecule has 0 fully saturated rings. The first-order valence-electron chi connectivity index (χ1n) is 7.04. The highest BCUT2D eigenvalue weighted by molar-refractivity contribution is 5.97. The lowest BCUT2D eigenvalue weighted by atomic mass is 10.2. The van der Waals surface area contributed by atoms with Crippen molar-refractivity contribution >= 4 is 12.2 Å². The monoisotopic (exact) mass is 299 g/mol. The van der Waals surface area contributed by atoms with E-state index in [0.717, 1.165) is 5.56 Å². The summed E-state index contributed by atoms with van der Waals surface area (Å²) in [5.74, 6) is -0.0951. The van der Waals surface area contributed by atoms with Crippen LogP contribution in [0.3, 0.4) is 0 Å². The van der Waals surface area contributed by atoms with E-state index in [4.69, 9.17) is 4.74 Å². The van der Waals surface area contributed by atoms with E-state index >= 15 is 0 Å². The van der Waals surface area contributed by atoms with Crippen LogP contribution in [0.1, 0.15) is 29.9 Å². The van der Waals surface area contributed by atoms with Crippen LogP contribution in [-0.2, 0) is 4.74 Å². The Labute approximate surface area is 128 Å². The number of hydrogen-bond acceptors (Lipinski definition) is 5. The standard InChI is InChI=1S/C16H17N3O3/c1-3-19(21)11-14-13(16(20)22-4-2)10-17-15(18-14)12-8-6-5-7-9-12/h5-11H,3-4H2,1-2H3. The van der Waals surface area contributed by atoms with E-state index in [1.165, 1.54) is 12.4 Å². The Morgan fingerprint density at radius 3 is 2.68 bits per heavy atom. The molecule has 0 radical (unpaired) electrons. The van der Waals surface area contributed by atoms with Gasteiger partial charge in [0.05, 0.1) is 6.61 Å². The first-order valence-corrected chi connectivity index (χ1v) is 7.04. The maximum absolute atomic E-state index is 11.9. The van der Waals surface area contributed by atoms with Crippen molar-refractivity contribution in [3.05, 3.63) is 53.0 Å². The van der Waals surface area contributed by atoms with Crippen LogP contribution >= 0.6 is 0 Å². The van der Waals surface area contributed by atoms with E-state index in [0.29, 0.717) is 10.6 Å². The van der Waals surface area contributed by atoms with E-state index in [9.17, 15) is 10.0 Å². The van der Waals surface area contributed by atoms with Crippen LogP contribution in [-0.4, -0.2) is 40.0 Å². The molecule has 22 heavy (non-hydrogen) atoms. The minimum Gasteiger partial charge on any atom is -0.624 e. The van der Waals surface area contributed by atoms with Gasteiger partial charge in [-0.15, -0.1) is 0 Å². The Morgan fingerprint density at radius 1 is 1.32 bits per heavy atom. The number of carbonyl (C=O) groups is 1. The van der Waals surface area contributed by atoms with Crippen LogP contribution in [0.2, 0.25) is 0 Å². The Kier molecular flexibility index (Phi) is 5.19. The topological polar surface area (TPSA) is 78.1 Å². The lowest BCUT2D eigenvalue weighted by molar-refractivity contribution is -0.447. The quantitative estimate of drug-likeness (QED) is 0.278. The van der Waals surface area contributed by atoms with Gasteiger partial charge in [0.15, 0.2) is 12.4 Å². The zero-order valence-electron chi connectivity index (χ0n) is 12.5. The zero-order valence-corrected chi connectivity index (χ0v) is 12.5. The lowest BCUT2D eigenvalue weighted by Gasteiger charge is -2.07. The molecule has 0 amide bonds. The van der Waals surface area contributed by atoms with Crippen LogP contribution in [0, 0.1) is 5.21 Å². The molecule has 2 rings (SSSR count). The smallest absolute Gasteiger partial charge is 0.342 e. The number of ether oxygens (including phenoxy) is 1. The van der Waals surface area contributed by atoms with Crippen molar-refractivity contribution in [1.82, 2.24) is 9.97 Å². The average molecular weight is 299 g/mol. The van der Waals surface area contributed by atoms with Crippen LogP contribution in [0.4, 0.5) is 0 Å². The molecule has 1 heterocycles. The van der Waals surface area contributed by atoms with Crippen molar-refractivity contribution in [3.63, 3.8) is 0 Å². The van der Waals surface area contributed by atoms with E-state index < -0.39 is 5.97 Å². The molecule has 6 heteroatoms. The molecule has 0 aliphatic heterocycles. The number of hydrogen-bond donors (Lipinski definition) is 0. The molecule has 2 aromatic rings. The Hall–Kier alpha value is -2.76. The second-order valence-electron chi connectivity index (χ2n) is 4.44. The van der Waals surface area contributed by atoms with Crippen molar-refractivity contribution in [2.75, 3.05) is 13.2 Å². The molecule has 1 aromatic carbocycles. The highest BCUT2D eigenvalue weighted by atomic mass is 16.5. The zero-order chi connectivity index (χ0) is 15.9. The Balaban J connectivity index is 2.50. The largest absolute Gasteiger partial charge is 0.624 e. The molecular weight excluding hydrogens is 282 g/mol. The third-order valence-electron chi connectivity index (χ3n) is 2.92. The molecule has 6 nitrogen and oxygen atoms in total. The molecule has 0 saturated heterocycles. The van der Waals surface area contributed by atoms with Gasteiger partial charge in [-0.05, 0) is 13.8 Å². The van der Waals surface area contributed by atoms with E-state index in [1.807, 2.05) is 30.3 Å². The molecule has 0 aliphatic carbocycles. The number of hydroxylamine groups is 1. The van der Waals surface area contributed by atoms with E-state index in [-0.39, 0.29) is 24.4 Å². The summed E-state index contributed by atoms with van der Waals surface area (Å²) >= 11 is 0. The Morgan fingerprint density at radius 2 is 2.05 bits per heavy atom. The predicted octanol–water partition coefficient (Wildman–Crippen LogP) is 2.27. The van der Waals surface area contributed by atoms with Crippen molar-refractivity contribution in [1.29, 1.82) is 0 Å². The van der Waals surface area contributed by atoms with E-state index in [1.54, 1.807) is 13.8 Å². The van der Waals surface area contributed by atoms with Gasteiger partial charge >= 0.3 is 5.97 Å². The van der Waals surface area contributed by atoms with Crippen LogP contribution in [0.25, 0.3) is 11.4 Å². The van der Waals surface area contributed by atoms with Gasteiger partial charge in [0.1, 0.15) is 11.3 Å². The molecular formula is C16H17N3O3. The van der Waals surface area contributed by atoms with Crippen LogP contribution < -0.4 is 0 Å². The summed E-state index contributed by atoms with van der Waals surface area (Å²) < 4.78 is 5.68. The molecule has 0 spiro atoms. The highest BCUT2D eigenvalue weighted by Crippen LogP contribution is 2.16. The predicted molar refractivity (Wildman–Crippen MR) is 82.8 cm³/mol. The SMILES string of the molecule is CCOC(=O)c1cnc(-c2ccccc2)nc1C=[N+]([O-])CC. The molecule has 0 aliphatic rings. The lowest BCUT2D eigenvalue weighted by Crippen LogP contribution is -2.14. The third-order valence-corrected chi connectivity index (χ3v) is 2.92. The molecule has 0 unspecified atom stereocenters. The number of aromatic nitrogens is 2. The summed E-state index contributed by atoms with van der Waals surface area (Å²) in [5, 5.41) is 11.6.